The number of carbonyl (C=O) groups excluding carboxylic acids is 2. The molecule has 2 aromatic rings. The van der Waals surface area contributed by atoms with Gasteiger partial charge in [-0.1, -0.05) is 37.7 Å². The Bertz CT molecular complexity index is 773. The van der Waals surface area contributed by atoms with Gasteiger partial charge in [0.1, 0.15) is 12.4 Å². The summed E-state index contributed by atoms with van der Waals surface area (Å²) in [6, 6.07) is 7.29. The number of para-hydroxylation sites is 2. The van der Waals surface area contributed by atoms with Crippen molar-refractivity contribution in [2.45, 2.75) is 37.1 Å². The first-order valence-corrected chi connectivity index (χ1v) is 8.63. The average Bonchev–Trinajstić information content (AvgIpc) is 3.02. The van der Waals surface area contributed by atoms with Crippen LogP contribution in [-0.4, -0.2) is 38.8 Å². The van der Waals surface area contributed by atoms with E-state index in [-0.39, 0.29) is 24.3 Å². The molecule has 0 spiro atoms. The van der Waals surface area contributed by atoms with Gasteiger partial charge in [0.15, 0.2) is 0 Å². The van der Waals surface area contributed by atoms with Gasteiger partial charge in [-0.25, -0.2) is 4.98 Å². The molecule has 0 bridgehead atoms. The smallest absolute Gasteiger partial charge is 0.244 e. The zero-order valence-electron chi connectivity index (χ0n) is 13.7. The second-order valence-corrected chi connectivity index (χ2v) is 7.22. The molecule has 3 rings (SSSR count). The Hall–Kier alpha value is -2.35. The molecule has 1 aromatic heterocycles. The highest BCUT2D eigenvalue weighted by atomic mass is 32.2. The summed E-state index contributed by atoms with van der Waals surface area (Å²) in [5.41, 5.74) is 1.37. The van der Waals surface area contributed by atoms with Crippen LogP contribution in [0, 0.1) is 0 Å². The predicted molar refractivity (Wildman–Crippen MR) is 93.2 cm³/mol. The van der Waals surface area contributed by atoms with Crippen LogP contribution in [0.25, 0.3) is 0 Å². The number of benzene rings is 1. The van der Waals surface area contributed by atoms with Crippen LogP contribution in [0.4, 0.5) is 11.4 Å². The molecule has 7 nitrogen and oxygen atoms in total. The van der Waals surface area contributed by atoms with Crippen molar-refractivity contribution in [3.05, 3.63) is 30.1 Å². The van der Waals surface area contributed by atoms with E-state index in [9.17, 15) is 9.59 Å². The number of thioether (sulfide) groups is 1. The largest absolute Gasteiger partial charge is 0.323 e. The number of hydrogen-bond acceptors (Lipinski definition) is 5. The molecular weight excluding hydrogens is 326 g/mol. The molecule has 2 amide bonds. The van der Waals surface area contributed by atoms with Gasteiger partial charge in [0.25, 0.3) is 0 Å². The van der Waals surface area contributed by atoms with E-state index in [0.29, 0.717) is 16.5 Å². The summed E-state index contributed by atoms with van der Waals surface area (Å²) in [5, 5.41) is 9.94. The molecule has 1 aromatic carbocycles. The third-order valence-corrected chi connectivity index (χ3v) is 4.64. The normalized spacial score (nSPS) is 15.2. The summed E-state index contributed by atoms with van der Waals surface area (Å²) in [5.74, 6) is 0.702. The lowest BCUT2D eigenvalue weighted by Gasteiger charge is -2.30. The Morgan fingerprint density at radius 1 is 1.29 bits per heavy atom. The molecule has 2 N–H and O–H groups in total. The maximum atomic E-state index is 12.8. The van der Waals surface area contributed by atoms with E-state index in [4.69, 9.17) is 0 Å². The Morgan fingerprint density at radius 2 is 2.04 bits per heavy atom. The van der Waals surface area contributed by atoms with E-state index in [1.54, 1.807) is 13.0 Å². The van der Waals surface area contributed by atoms with Crippen LogP contribution in [0.5, 0.6) is 0 Å². The summed E-state index contributed by atoms with van der Waals surface area (Å²) in [6.07, 6.45) is 0. The highest BCUT2D eigenvalue weighted by Crippen LogP contribution is 2.31. The van der Waals surface area contributed by atoms with Crippen LogP contribution >= 0.6 is 11.8 Å². The van der Waals surface area contributed by atoms with Gasteiger partial charge in [-0.2, -0.15) is 0 Å². The van der Waals surface area contributed by atoms with Crippen molar-refractivity contribution in [3.8, 4) is 0 Å². The first-order valence-electron chi connectivity index (χ1n) is 7.75. The van der Waals surface area contributed by atoms with Gasteiger partial charge in [-0.05, 0) is 19.1 Å². The van der Waals surface area contributed by atoms with Crippen molar-refractivity contribution in [3.63, 3.8) is 0 Å². The molecular formula is C16H19N5O2S. The van der Waals surface area contributed by atoms with Crippen LogP contribution < -0.4 is 10.2 Å². The van der Waals surface area contributed by atoms with Gasteiger partial charge in [0, 0.05) is 5.92 Å². The molecule has 1 atom stereocenters. The number of aromatic nitrogens is 3. The fourth-order valence-corrected chi connectivity index (χ4v) is 3.22. The van der Waals surface area contributed by atoms with Crippen LogP contribution in [0.2, 0.25) is 0 Å². The molecule has 2 heterocycles. The van der Waals surface area contributed by atoms with Gasteiger partial charge in [-0.3, -0.25) is 19.6 Å². The Kier molecular flexibility index (Phi) is 4.57. The third kappa shape index (κ3) is 3.28. The summed E-state index contributed by atoms with van der Waals surface area (Å²) < 4.78 is 0. The molecule has 0 aliphatic carbocycles. The lowest BCUT2D eigenvalue weighted by Crippen LogP contribution is -2.45. The topological polar surface area (TPSA) is 91.0 Å². The number of carbonyl (C=O) groups is 2. The fourth-order valence-electron chi connectivity index (χ4n) is 2.43. The monoisotopic (exact) mass is 345 g/mol. The summed E-state index contributed by atoms with van der Waals surface area (Å²) in [7, 11) is 0. The number of nitrogens with zero attached hydrogens (tertiary/aromatic N) is 3. The van der Waals surface area contributed by atoms with Gasteiger partial charge in [0.05, 0.1) is 16.6 Å². The van der Waals surface area contributed by atoms with Gasteiger partial charge < -0.3 is 5.32 Å². The number of anilines is 2. The zero-order chi connectivity index (χ0) is 17.3. The Labute approximate surface area is 144 Å². The quantitative estimate of drug-likeness (QED) is 0.830. The molecule has 0 saturated heterocycles. The molecule has 1 aliphatic heterocycles. The number of H-pyrrole nitrogens is 1. The SMILES string of the molecule is CC(C)c1nc(S[C@H](C)C(=O)N2CC(=O)Nc3ccccc32)n[nH]1. The second-order valence-electron chi connectivity index (χ2n) is 5.91. The molecule has 24 heavy (non-hydrogen) atoms. The van der Waals surface area contributed by atoms with Crippen molar-refractivity contribution in [2.24, 2.45) is 0 Å². The second kappa shape index (κ2) is 6.64. The van der Waals surface area contributed by atoms with E-state index in [0.717, 1.165) is 5.82 Å². The number of hydrogen-bond donors (Lipinski definition) is 2. The molecule has 0 radical (unpaired) electrons. The number of fused-ring (bicyclic) bond motifs is 1. The highest BCUT2D eigenvalue weighted by molar-refractivity contribution is 8.00. The molecule has 0 fully saturated rings. The number of aromatic amines is 1. The van der Waals surface area contributed by atoms with Crippen molar-refractivity contribution >= 4 is 35.0 Å². The van der Waals surface area contributed by atoms with Crippen LogP contribution in [0.1, 0.15) is 32.5 Å². The third-order valence-electron chi connectivity index (χ3n) is 3.70. The van der Waals surface area contributed by atoms with Crippen molar-refractivity contribution < 1.29 is 9.59 Å². The summed E-state index contributed by atoms with van der Waals surface area (Å²) in [4.78, 5) is 30.6. The van der Waals surface area contributed by atoms with Crippen LogP contribution in [0.15, 0.2) is 29.4 Å². The Balaban J connectivity index is 1.77. The van der Waals surface area contributed by atoms with Gasteiger partial charge >= 0.3 is 0 Å². The highest BCUT2D eigenvalue weighted by Gasteiger charge is 2.30. The maximum absolute atomic E-state index is 12.8. The first kappa shape index (κ1) is 16.5. The molecule has 8 heteroatoms. The summed E-state index contributed by atoms with van der Waals surface area (Å²) >= 11 is 1.28. The Morgan fingerprint density at radius 3 is 2.75 bits per heavy atom. The van der Waals surface area contributed by atoms with Crippen molar-refractivity contribution in [2.75, 3.05) is 16.8 Å². The molecule has 126 valence electrons. The average molecular weight is 345 g/mol. The number of amides is 2. The fraction of sp³-hybridized carbons (Fsp3) is 0.375. The molecule has 0 saturated carbocycles. The minimum Gasteiger partial charge on any atom is -0.323 e. The van der Waals surface area contributed by atoms with E-state index < -0.39 is 5.25 Å². The first-order chi connectivity index (χ1) is 11.5. The van der Waals surface area contributed by atoms with Crippen molar-refractivity contribution in [1.82, 2.24) is 15.2 Å². The zero-order valence-corrected chi connectivity index (χ0v) is 14.6. The van der Waals surface area contributed by atoms with E-state index in [1.807, 2.05) is 32.0 Å². The minimum atomic E-state index is -0.403. The number of nitrogens with one attached hydrogen (secondary N) is 2. The van der Waals surface area contributed by atoms with Gasteiger partial charge in [0.2, 0.25) is 17.0 Å². The standard InChI is InChI=1S/C16H19N5O2S/c1-9(2)14-18-16(20-19-14)24-10(3)15(23)21-8-13(22)17-11-6-4-5-7-12(11)21/h4-7,9-10H,8H2,1-3H3,(H,17,22)(H,18,19,20)/t10-/m1/s1. The van der Waals surface area contributed by atoms with E-state index >= 15 is 0 Å². The molecule has 0 unspecified atom stereocenters. The maximum Gasteiger partial charge on any atom is 0.244 e. The van der Waals surface area contributed by atoms with Crippen LogP contribution in [-0.2, 0) is 9.59 Å². The predicted octanol–water partition coefficient (Wildman–Crippen LogP) is 2.39. The van der Waals surface area contributed by atoms with Crippen molar-refractivity contribution in [1.29, 1.82) is 0 Å². The van der Waals surface area contributed by atoms with Crippen LogP contribution in [0.3, 0.4) is 0 Å². The number of rotatable bonds is 4. The molecule has 1 aliphatic rings. The minimum absolute atomic E-state index is 0.0198. The summed E-state index contributed by atoms with van der Waals surface area (Å²) in [6.45, 7) is 5.86. The van der Waals surface area contributed by atoms with E-state index in [1.165, 1.54) is 16.7 Å². The lowest BCUT2D eigenvalue weighted by molar-refractivity contribution is -0.121. The lowest BCUT2D eigenvalue weighted by atomic mass is 10.2. The van der Waals surface area contributed by atoms with Gasteiger partial charge in [-0.15, -0.1) is 5.10 Å². The van der Waals surface area contributed by atoms with E-state index in [2.05, 4.69) is 20.5 Å².